The van der Waals surface area contributed by atoms with Crippen molar-refractivity contribution in [3.05, 3.63) is 118 Å². The van der Waals surface area contributed by atoms with Crippen molar-refractivity contribution in [3.63, 3.8) is 0 Å². The zero-order valence-corrected chi connectivity index (χ0v) is 22.2. The zero-order valence-electron chi connectivity index (χ0n) is 22.2. The Hall–Kier alpha value is -5.53. The van der Waals surface area contributed by atoms with E-state index in [0.717, 1.165) is 0 Å². The molecule has 0 atom stereocenters. The van der Waals surface area contributed by atoms with Gasteiger partial charge >= 0.3 is 11.4 Å². The highest BCUT2D eigenvalue weighted by Gasteiger charge is 2.11. The van der Waals surface area contributed by atoms with Crippen LogP contribution < -0.4 is 33.1 Å². The highest BCUT2D eigenvalue weighted by molar-refractivity contribution is 5.95. The van der Waals surface area contributed by atoms with Crippen molar-refractivity contribution < 1.29 is 14.0 Å². The lowest BCUT2D eigenvalue weighted by molar-refractivity contribution is 0.0925. The minimum Gasteiger partial charge on any atom is -0.433 e. The first-order valence-electron chi connectivity index (χ1n) is 12.5. The van der Waals surface area contributed by atoms with Gasteiger partial charge < -0.3 is 24.2 Å². The van der Waals surface area contributed by atoms with Crippen LogP contribution in [0.2, 0.25) is 0 Å². The Kier molecular flexibility index (Phi) is 8.72. The van der Waals surface area contributed by atoms with Gasteiger partial charge in [0.25, 0.3) is 22.9 Å². The first-order chi connectivity index (χ1) is 19.6. The highest BCUT2D eigenvalue weighted by atomic mass is 16.4. The molecule has 0 unspecified atom stereocenters. The average Bonchev–Trinajstić information content (AvgIpc) is 3.42. The Bertz CT molecular complexity index is 1840. The highest BCUT2D eigenvalue weighted by Crippen LogP contribution is 2.17. The van der Waals surface area contributed by atoms with Crippen LogP contribution >= 0.6 is 0 Å². The SMILES string of the molecule is Cn1c(CCNC(=O)c2ccc(C=Nc3ccc(C(=O)NCCc4cc(=O)[nH]c(=O)n4C)o3)cc2)cc(=O)[nH]c1=O. The van der Waals surface area contributed by atoms with Crippen LogP contribution in [0.25, 0.3) is 0 Å². The monoisotopic (exact) mass is 561 g/mol. The molecule has 0 aliphatic carbocycles. The van der Waals surface area contributed by atoms with Gasteiger partial charge in [0.2, 0.25) is 5.88 Å². The maximum atomic E-state index is 12.4. The fourth-order valence-corrected chi connectivity index (χ4v) is 3.86. The average molecular weight is 562 g/mol. The Morgan fingerprint density at radius 3 is 1.90 bits per heavy atom. The van der Waals surface area contributed by atoms with E-state index in [-0.39, 0.29) is 37.1 Å². The van der Waals surface area contributed by atoms with Crippen molar-refractivity contribution in [2.75, 3.05) is 13.1 Å². The Balaban J connectivity index is 1.27. The summed E-state index contributed by atoms with van der Waals surface area (Å²) in [5.41, 5.74) is 0.0407. The molecule has 0 aliphatic rings. The number of aromatic amines is 2. The normalized spacial score (nSPS) is 11.1. The van der Waals surface area contributed by atoms with E-state index in [9.17, 15) is 28.8 Å². The van der Waals surface area contributed by atoms with Crippen molar-refractivity contribution in [1.82, 2.24) is 29.7 Å². The first kappa shape index (κ1) is 28.5. The lowest BCUT2D eigenvalue weighted by Crippen LogP contribution is -2.32. The summed E-state index contributed by atoms with van der Waals surface area (Å²) in [6.07, 6.45) is 2.10. The minimum atomic E-state index is -0.529. The molecule has 14 heteroatoms. The van der Waals surface area contributed by atoms with Gasteiger partial charge in [-0.1, -0.05) is 12.1 Å². The van der Waals surface area contributed by atoms with Crippen molar-refractivity contribution in [2.45, 2.75) is 12.8 Å². The van der Waals surface area contributed by atoms with Crippen molar-refractivity contribution in [1.29, 1.82) is 0 Å². The fourth-order valence-electron chi connectivity index (χ4n) is 3.86. The molecule has 0 radical (unpaired) electrons. The third-order valence-electron chi connectivity index (χ3n) is 6.19. The smallest absolute Gasteiger partial charge is 0.328 e. The number of hydrogen-bond acceptors (Lipinski definition) is 8. The lowest BCUT2D eigenvalue weighted by atomic mass is 10.1. The molecule has 0 aliphatic heterocycles. The van der Waals surface area contributed by atoms with Gasteiger partial charge in [0.15, 0.2) is 5.76 Å². The van der Waals surface area contributed by atoms with Crippen molar-refractivity contribution >= 4 is 23.9 Å². The zero-order chi connectivity index (χ0) is 29.5. The van der Waals surface area contributed by atoms with Gasteiger partial charge in [-0.25, -0.2) is 14.6 Å². The van der Waals surface area contributed by atoms with Crippen LogP contribution in [0.1, 0.15) is 37.9 Å². The van der Waals surface area contributed by atoms with Crippen LogP contribution in [0.3, 0.4) is 0 Å². The number of aromatic nitrogens is 4. The van der Waals surface area contributed by atoms with Gasteiger partial charge in [-0.3, -0.25) is 29.1 Å². The Morgan fingerprint density at radius 1 is 0.805 bits per heavy atom. The summed E-state index contributed by atoms with van der Waals surface area (Å²) in [6, 6.07) is 12.2. The number of furan rings is 1. The maximum Gasteiger partial charge on any atom is 0.328 e. The molecule has 0 fully saturated rings. The largest absolute Gasteiger partial charge is 0.433 e. The van der Waals surface area contributed by atoms with E-state index in [0.29, 0.717) is 28.9 Å². The summed E-state index contributed by atoms with van der Waals surface area (Å²) in [6.45, 7) is 0.416. The molecule has 4 N–H and O–H groups in total. The number of aliphatic imine (C=N–C) groups is 1. The van der Waals surface area contributed by atoms with Crippen LogP contribution in [0, 0.1) is 0 Å². The minimum absolute atomic E-state index is 0.0455. The Labute approximate surface area is 231 Å². The van der Waals surface area contributed by atoms with E-state index < -0.39 is 28.4 Å². The Morgan fingerprint density at radius 2 is 1.34 bits per heavy atom. The molecule has 14 nitrogen and oxygen atoms in total. The topological polar surface area (TPSA) is 193 Å². The van der Waals surface area contributed by atoms with Crippen molar-refractivity contribution in [2.24, 2.45) is 19.1 Å². The number of rotatable bonds is 10. The summed E-state index contributed by atoms with van der Waals surface area (Å²) in [5.74, 6) is -0.545. The number of hydrogen-bond donors (Lipinski definition) is 4. The van der Waals surface area contributed by atoms with Crippen LogP contribution in [0.4, 0.5) is 5.88 Å². The molecule has 4 rings (SSSR count). The third-order valence-corrected chi connectivity index (χ3v) is 6.19. The summed E-state index contributed by atoms with van der Waals surface area (Å²) in [4.78, 5) is 79.7. The predicted molar refractivity (Wildman–Crippen MR) is 149 cm³/mol. The lowest BCUT2D eigenvalue weighted by Gasteiger charge is -2.08. The standard InChI is InChI=1S/C27H27N7O7/c1-33-18(13-21(35)31-26(33)39)9-11-28-24(37)17-5-3-16(4-6-17)15-30-23-8-7-20(41-23)25(38)29-12-10-19-14-22(36)32-27(40)34(19)2/h3-8,13-15H,9-12H2,1-2H3,(H,28,37)(H,29,38)(H,31,35,39)(H,32,36,40). The van der Waals surface area contributed by atoms with Gasteiger partial charge in [-0.15, -0.1) is 0 Å². The molecular formula is C27H27N7O7. The number of benzene rings is 1. The van der Waals surface area contributed by atoms with E-state index in [2.05, 4.69) is 25.6 Å². The van der Waals surface area contributed by atoms with Gasteiger partial charge in [-0.2, -0.15) is 0 Å². The molecule has 3 aromatic heterocycles. The van der Waals surface area contributed by atoms with E-state index in [1.54, 1.807) is 24.3 Å². The molecule has 0 spiro atoms. The third kappa shape index (κ3) is 7.32. The summed E-state index contributed by atoms with van der Waals surface area (Å²) < 4.78 is 8.09. The quantitative estimate of drug-likeness (QED) is 0.192. The van der Waals surface area contributed by atoms with Gasteiger partial charge in [0.1, 0.15) is 0 Å². The van der Waals surface area contributed by atoms with Crippen LogP contribution in [-0.2, 0) is 26.9 Å². The molecular weight excluding hydrogens is 534 g/mol. The van der Waals surface area contributed by atoms with Crippen LogP contribution in [-0.4, -0.2) is 50.2 Å². The molecule has 3 heterocycles. The van der Waals surface area contributed by atoms with Gasteiger partial charge in [-0.05, 0) is 23.8 Å². The number of carbonyl (C=O) groups excluding carboxylic acids is 2. The molecule has 0 bridgehead atoms. The van der Waals surface area contributed by atoms with E-state index in [4.69, 9.17) is 4.42 Å². The fraction of sp³-hybridized carbons (Fsp3) is 0.222. The summed E-state index contributed by atoms with van der Waals surface area (Å²) in [5, 5.41) is 5.42. The number of H-pyrrole nitrogens is 2. The second kappa shape index (κ2) is 12.5. The van der Waals surface area contributed by atoms with E-state index in [1.165, 1.54) is 53.7 Å². The molecule has 1 aromatic carbocycles. The van der Waals surface area contributed by atoms with Crippen LogP contribution in [0.5, 0.6) is 0 Å². The van der Waals surface area contributed by atoms with Crippen molar-refractivity contribution in [3.8, 4) is 0 Å². The molecule has 4 aromatic rings. The summed E-state index contributed by atoms with van der Waals surface area (Å²) >= 11 is 0. The molecule has 0 saturated heterocycles. The summed E-state index contributed by atoms with van der Waals surface area (Å²) in [7, 11) is 3.07. The second-order valence-electron chi connectivity index (χ2n) is 9.01. The number of carbonyl (C=O) groups is 2. The molecule has 2 amide bonds. The van der Waals surface area contributed by atoms with E-state index >= 15 is 0 Å². The molecule has 212 valence electrons. The number of nitrogens with one attached hydrogen (secondary N) is 4. The maximum absolute atomic E-state index is 12.4. The van der Waals surface area contributed by atoms with Gasteiger partial charge in [0, 0.05) is 81.4 Å². The van der Waals surface area contributed by atoms with Crippen LogP contribution in [0.15, 0.2) is 77.1 Å². The second-order valence-corrected chi connectivity index (χ2v) is 9.01. The van der Waals surface area contributed by atoms with E-state index in [1.807, 2.05) is 0 Å². The first-order valence-corrected chi connectivity index (χ1v) is 12.5. The number of amides is 2. The predicted octanol–water partition coefficient (Wildman–Crippen LogP) is -0.251. The number of nitrogens with zero attached hydrogens (tertiary/aromatic N) is 3. The van der Waals surface area contributed by atoms with Gasteiger partial charge in [0.05, 0.1) is 0 Å². The molecule has 41 heavy (non-hydrogen) atoms. The molecule has 0 saturated carbocycles.